The van der Waals surface area contributed by atoms with E-state index in [0.717, 1.165) is 19.6 Å². The van der Waals surface area contributed by atoms with Crippen molar-refractivity contribution in [1.29, 1.82) is 0 Å². The van der Waals surface area contributed by atoms with E-state index in [1.807, 2.05) is 18.2 Å². The largest absolute Gasteiger partial charge is 0.480 e. The highest BCUT2D eigenvalue weighted by atomic mass is 16.5. The van der Waals surface area contributed by atoms with Gasteiger partial charge in [0, 0.05) is 38.4 Å². The highest BCUT2D eigenvalue weighted by molar-refractivity contribution is 5.86. The lowest BCUT2D eigenvalue weighted by molar-refractivity contribution is -0.168. The van der Waals surface area contributed by atoms with Crippen molar-refractivity contribution >= 4 is 11.9 Å². The second-order valence-electron chi connectivity index (χ2n) is 7.24. The number of benzene rings is 1. The maximum Gasteiger partial charge on any atom is 0.328 e. The van der Waals surface area contributed by atoms with Crippen LogP contribution < -0.4 is 0 Å². The van der Waals surface area contributed by atoms with Crippen LogP contribution >= 0.6 is 0 Å². The van der Waals surface area contributed by atoms with Gasteiger partial charge in [0.1, 0.15) is 5.72 Å². The Balaban J connectivity index is 1.71. The van der Waals surface area contributed by atoms with Gasteiger partial charge in [0.2, 0.25) is 5.91 Å². The van der Waals surface area contributed by atoms with Gasteiger partial charge in [-0.15, -0.1) is 0 Å². The molecule has 1 N–H and O–H groups in total. The molecule has 0 bridgehead atoms. The van der Waals surface area contributed by atoms with Crippen molar-refractivity contribution in [3.63, 3.8) is 0 Å². The van der Waals surface area contributed by atoms with Gasteiger partial charge in [0.25, 0.3) is 0 Å². The fraction of sp³-hybridized carbons (Fsp3) is 0.579. The summed E-state index contributed by atoms with van der Waals surface area (Å²) in [6.07, 6.45) is 1.28. The van der Waals surface area contributed by atoms with Crippen LogP contribution in [0.4, 0.5) is 0 Å². The van der Waals surface area contributed by atoms with Crippen LogP contribution in [0, 0.1) is 5.92 Å². The molecule has 6 heteroatoms. The number of aliphatic carboxylic acids is 1. The van der Waals surface area contributed by atoms with Crippen molar-refractivity contribution in [2.75, 3.05) is 19.7 Å². The molecule has 0 aromatic heterocycles. The molecule has 1 atom stereocenters. The summed E-state index contributed by atoms with van der Waals surface area (Å²) in [5, 5.41) is 9.49. The molecule has 136 valence electrons. The lowest BCUT2D eigenvalue weighted by Gasteiger charge is -2.44. The second kappa shape index (κ2) is 7.14. The number of hydrogen-bond acceptors (Lipinski definition) is 4. The topological polar surface area (TPSA) is 70.1 Å². The van der Waals surface area contributed by atoms with Crippen molar-refractivity contribution in [2.24, 2.45) is 5.92 Å². The summed E-state index contributed by atoms with van der Waals surface area (Å²) in [7, 11) is 0. The maximum atomic E-state index is 12.7. The van der Waals surface area contributed by atoms with E-state index in [9.17, 15) is 14.7 Å². The Bertz CT molecular complexity index is 624. The average Bonchev–Trinajstić information content (AvgIpc) is 2.96. The molecule has 0 unspecified atom stereocenters. The summed E-state index contributed by atoms with van der Waals surface area (Å²) in [5.74, 6) is -1.37. The number of likely N-dealkylation sites (tertiary alicyclic amines) is 1. The Morgan fingerprint density at radius 2 is 1.88 bits per heavy atom. The van der Waals surface area contributed by atoms with Crippen molar-refractivity contribution < 1.29 is 19.4 Å². The van der Waals surface area contributed by atoms with Crippen molar-refractivity contribution in [3.8, 4) is 0 Å². The molecule has 2 aliphatic rings. The van der Waals surface area contributed by atoms with Crippen LogP contribution in [0.1, 0.15) is 32.3 Å². The number of carboxylic acids is 1. The number of piperidine rings is 1. The third kappa shape index (κ3) is 3.55. The standard InChI is InChI=1S/C19H26N2O4/c1-14(2)17(22)21-16(18(23)24)13-25-19(21)8-10-20(11-9-19)12-15-6-4-3-5-7-15/h3-7,14,16H,8-13H2,1-2H3,(H,23,24)/t16-/m0/s1. The number of amides is 1. The minimum Gasteiger partial charge on any atom is -0.480 e. The quantitative estimate of drug-likeness (QED) is 0.902. The first kappa shape index (κ1) is 17.9. The lowest BCUT2D eigenvalue weighted by atomic mass is 9.96. The Morgan fingerprint density at radius 3 is 2.44 bits per heavy atom. The van der Waals surface area contributed by atoms with Crippen LogP contribution in [0.3, 0.4) is 0 Å². The average molecular weight is 346 g/mol. The Morgan fingerprint density at radius 1 is 1.24 bits per heavy atom. The first-order valence-electron chi connectivity index (χ1n) is 8.89. The molecule has 0 aliphatic carbocycles. The van der Waals surface area contributed by atoms with Gasteiger partial charge in [-0.2, -0.15) is 0 Å². The van der Waals surface area contributed by atoms with Gasteiger partial charge in [-0.1, -0.05) is 44.2 Å². The highest BCUT2D eigenvalue weighted by Crippen LogP contribution is 2.38. The predicted molar refractivity (Wildman–Crippen MR) is 92.7 cm³/mol. The van der Waals surface area contributed by atoms with Crippen LogP contribution in [0.25, 0.3) is 0 Å². The van der Waals surface area contributed by atoms with Gasteiger partial charge >= 0.3 is 5.97 Å². The molecule has 6 nitrogen and oxygen atoms in total. The molecule has 2 fully saturated rings. The number of ether oxygens (including phenoxy) is 1. The molecule has 2 aliphatic heterocycles. The fourth-order valence-corrected chi connectivity index (χ4v) is 3.76. The molecule has 0 saturated carbocycles. The monoisotopic (exact) mass is 346 g/mol. The number of carboxylic acid groups (broad SMARTS) is 1. The Hall–Kier alpha value is -1.92. The predicted octanol–water partition coefficient (Wildman–Crippen LogP) is 1.95. The highest BCUT2D eigenvalue weighted by Gasteiger charge is 2.54. The van der Waals surface area contributed by atoms with E-state index in [-0.39, 0.29) is 18.4 Å². The van der Waals surface area contributed by atoms with Crippen LogP contribution in [0.15, 0.2) is 30.3 Å². The zero-order valence-corrected chi connectivity index (χ0v) is 14.9. The summed E-state index contributed by atoms with van der Waals surface area (Å²) in [6, 6.07) is 9.39. The van der Waals surface area contributed by atoms with E-state index >= 15 is 0 Å². The van der Waals surface area contributed by atoms with Crippen LogP contribution in [0.5, 0.6) is 0 Å². The third-order valence-electron chi connectivity index (χ3n) is 5.16. The van der Waals surface area contributed by atoms with Gasteiger partial charge in [0.05, 0.1) is 6.61 Å². The van der Waals surface area contributed by atoms with Crippen molar-refractivity contribution in [2.45, 2.75) is 45.0 Å². The first-order chi connectivity index (χ1) is 11.9. The van der Waals surface area contributed by atoms with Crippen molar-refractivity contribution in [1.82, 2.24) is 9.80 Å². The molecule has 1 amide bonds. The normalized spacial score (nSPS) is 23.3. The maximum absolute atomic E-state index is 12.7. The van der Waals surface area contributed by atoms with Gasteiger partial charge in [-0.3, -0.25) is 14.6 Å². The van der Waals surface area contributed by atoms with Crippen LogP contribution in [0.2, 0.25) is 0 Å². The molecule has 1 aromatic carbocycles. The summed E-state index contributed by atoms with van der Waals surface area (Å²) in [4.78, 5) is 28.1. The molecular formula is C19H26N2O4. The number of carbonyl (C=O) groups is 2. The van der Waals surface area contributed by atoms with Gasteiger partial charge in [0.15, 0.2) is 6.04 Å². The Labute approximate surface area is 148 Å². The number of rotatable bonds is 4. The van der Waals surface area contributed by atoms with E-state index < -0.39 is 17.7 Å². The van der Waals surface area contributed by atoms with Crippen LogP contribution in [-0.4, -0.2) is 58.2 Å². The van der Waals surface area contributed by atoms with E-state index in [0.29, 0.717) is 12.8 Å². The lowest BCUT2D eigenvalue weighted by Crippen LogP contribution is -2.58. The number of nitrogens with zero attached hydrogens (tertiary/aromatic N) is 2. The SMILES string of the molecule is CC(C)C(=O)N1[C@H](C(=O)O)COC12CCN(Cc1ccccc1)CC2. The summed E-state index contributed by atoms with van der Waals surface area (Å²) < 4.78 is 5.94. The number of carbonyl (C=O) groups excluding carboxylic acids is 1. The molecule has 2 saturated heterocycles. The van der Waals surface area contributed by atoms with E-state index in [2.05, 4.69) is 17.0 Å². The third-order valence-corrected chi connectivity index (χ3v) is 5.16. The summed E-state index contributed by atoms with van der Waals surface area (Å²) >= 11 is 0. The smallest absolute Gasteiger partial charge is 0.328 e. The molecule has 25 heavy (non-hydrogen) atoms. The minimum absolute atomic E-state index is 0.0759. The summed E-state index contributed by atoms with van der Waals surface area (Å²) in [6.45, 7) is 6.10. The molecular weight excluding hydrogens is 320 g/mol. The minimum atomic E-state index is -0.988. The van der Waals surface area contributed by atoms with Gasteiger partial charge < -0.3 is 9.84 Å². The van der Waals surface area contributed by atoms with Crippen LogP contribution in [-0.2, 0) is 20.9 Å². The zero-order chi connectivity index (χ0) is 18.0. The number of hydrogen-bond donors (Lipinski definition) is 1. The Kier molecular flexibility index (Phi) is 5.11. The second-order valence-corrected chi connectivity index (χ2v) is 7.24. The molecule has 1 spiro atoms. The molecule has 0 radical (unpaired) electrons. The van der Waals surface area contributed by atoms with Gasteiger partial charge in [-0.25, -0.2) is 4.79 Å². The molecule has 1 aromatic rings. The van der Waals surface area contributed by atoms with Gasteiger partial charge in [-0.05, 0) is 5.56 Å². The molecule has 3 rings (SSSR count). The summed E-state index contributed by atoms with van der Waals surface area (Å²) in [5.41, 5.74) is 0.488. The van der Waals surface area contributed by atoms with E-state index in [1.165, 1.54) is 10.5 Å². The zero-order valence-electron chi connectivity index (χ0n) is 14.9. The first-order valence-corrected chi connectivity index (χ1v) is 8.89. The molecule has 2 heterocycles. The fourth-order valence-electron chi connectivity index (χ4n) is 3.76. The van der Waals surface area contributed by atoms with E-state index in [4.69, 9.17) is 4.74 Å². The van der Waals surface area contributed by atoms with Crippen molar-refractivity contribution in [3.05, 3.63) is 35.9 Å². The van der Waals surface area contributed by atoms with E-state index in [1.54, 1.807) is 13.8 Å².